The lowest BCUT2D eigenvalue weighted by Gasteiger charge is -2.00. The van der Waals surface area contributed by atoms with Crippen LogP contribution in [0.5, 0.6) is 0 Å². The molecule has 0 fully saturated rings. The highest BCUT2D eigenvalue weighted by Crippen LogP contribution is 2.38. The van der Waals surface area contributed by atoms with Crippen molar-refractivity contribution >= 4 is 39.3 Å². The number of aromatic amines is 1. The Labute approximate surface area is 111 Å². The van der Waals surface area contributed by atoms with E-state index in [2.05, 4.69) is 9.97 Å². The van der Waals surface area contributed by atoms with Crippen LogP contribution in [0.1, 0.15) is 10.5 Å². The molecule has 3 heterocycles. The van der Waals surface area contributed by atoms with Gasteiger partial charge in [-0.3, -0.25) is 4.98 Å². The van der Waals surface area contributed by atoms with E-state index in [1.807, 2.05) is 23.6 Å². The fourth-order valence-corrected chi connectivity index (χ4v) is 3.66. The molecule has 0 spiro atoms. The van der Waals surface area contributed by atoms with E-state index in [1.54, 1.807) is 23.7 Å². The number of rotatable bonds is 3. The predicted octanol–water partition coefficient (Wildman–Crippen LogP) is 3.47. The Bertz CT molecular complexity index is 703. The van der Waals surface area contributed by atoms with Gasteiger partial charge in [0.15, 0.2) is 0 Å². The molecule has 0 aliphatic heterocycles. The highest BCUT2D eigenvalue weighted by Gasteiger charge is 2.18. The molecule has 3 aromatic rings. The molecule has 0 unspecified atom stereocenters. The summed E-state index contributed by atoms with van der Waals surface area (Å²) < 4.78 is 0.981. The number of thiophene rings is 1. The fraction of sp³-hybridized carbons (Fsp3) is 0. The Morgan fingerprint density at radius 2 is 2.11 bits per heavy atom. The molecule has 0 bridgehead atoms. The largest absolute Gasteiger partial charge is 0.477 e. The summed E-state index contributed by atoms with van der Waals surface area (Å²) in [5, 5.41) is 11.2. The summed E-state index contributed by atoms with van der Waals surface area (Å²) in [5.41, 5.74) is 1.12. The van der Waals surface area contributed by atoms with Gasteiger partial charge in [-0.1, -0.05) is 11.8 Å². The third-order valence-electron chi connectivity index (χ3n) is 2.44. The maximum absolute atomic E-state index is 11.2. The van der Waals surface area contributed by atoms with Crippen LogP contribution < -0.4 is 0 Å². The molecule has 18 heavy (non-hydrogen) atoms. The molecule has 2 N–H and O–H groups in total. The Hall–Kier alpha value is -1.79. The summed E-state index contributed by atoms with van der Waals surface area (Å²) in [4.78, 5) is 19.9. The number of hydrogen-bond acceptors (Lipinski definition) is 4. The molecule has 3 aromatic heterocycles. The predicted molar refractivity (Wildman–Crippen MR) is 71.5 cm³/mol. The molecule has 6 heteroatoms. The Kier molecular flexibility index (Phi) is 2.81. The zero-order chi connectivity index (χ0) is 12.5. The van der Waals surface area contributed by atoms with Gasteiger partial charge in [-0.15, -0.1) is 11.3 Å². The first kappa shape index (κ1) is 11.3. The van der Waals surface area contributed by atoms with Gasteiger partial charge in [0.2, 0.25) is 0 Å². The van der Waals surface area contributed by atoms with Crippen LogP contribution in [-0.4, -0.2) is 21.0 Å². The zero-order valence-corrected chi connectivity index (χ0v) is 10.7. The second-order valence-electron chi connectivity index (χ2n) is 3.58. The van der Waals surface area contributed by atoms with E-state index in [-0.39, 0.29) is 5.69 Å². The van der Waals surface area contributed by atoms with Crippen molar-refractivity contribution in [2.24, 2.45) is 0 Å². The van der Waals surface area contributed by atoms with Crippen molar-refractivity contribution in [3.8, 4) is 0 Å². The van der Waals surface area contributed by atoms with Gasteiger partial charge in [0, 0.05) is 17.3 Å². The minimum atomic E-state index is -0.935. The summed E-state index contributed by atoms with van der Waals surface area (Å²) in [6.45, 7) is 0. The molecule has 0 aliphatic rings. The topological polar surface area (TPSA) is 66.0 Å². The molecule has 0 aromatic carbocycles. The molecule has 0 aliphatic carbocycles. The number of nitrogens with one attached hydrogen (secondary N) is 1. The van der Waals surface area contributed by atoms with Crippen molar-refractivity contribution in [3.63, 3.8) is 0 Å². The molecule has 0 atom stereocenters. The normalized spacial score (nSPS) is 10.9. The average Bonchev–Trinajstić information content (AvgIpc) is 2.93. The van der Waals surface area contributed by atoms with Crippen LogP contribution in [0.2, 0.25) is 0 Å². The van der Waals surface area contributed by atoms with Crippen molar-refractivity contribution in [3.05, 3.63) is 41.7 Å². The third kappa shape index (κ3) is 1.89. The molecule has 0 saturated heterocycles. The Morgan fingerprint density at radius 1 is 1.33 bits per heavy atom. The lowest BCUT2D eigenvalue weighted by Crippen LogP contribution is -1.97. The lowest BCUT2D eigenvalue weighted by atomic mass is 10.4. The number of aromatic carboxylic acids is 1. The Morgan fingerprint density at radius 3 is 2.83 bits per heavy atom. The Balaban J connectivity index is 2.11. The van der Waals surface area contributed by atoms with E-state index in [1.165, 1.54) is 11.8 Å². The number of carbonyl (C=O) groups is 1. The summed E-state index contributed by atoms with van der Waals surface area (Å²) in [5.74, 6) is -0.935. The number of carboxylic acids is 1. The number of nitrogens with zero attached hydrogens (tertiary/aromatic N) is 1. The molecule has 4 nitrogen and oxygen atoms in total. The number of fused-ring (bicyclic) bond motifs is 1. The summed E-state index contributed by atoms with van der Waals surface area (Å²) in [6, 6.07) is 5.62. The number of carboxylic acid groups (broad SMARTS) is 1. The number of hydrogen-bond donors (Lipinski definition) is 2. The SMILES string of the molecule is O=C(O)c1[nH]c2ccsc2c1Sc1ccncc1. The van der Waals surface area contributed by atoms with Crippen molar-refractivity contribution in [1.82, 2.24) is 9.97 Å². The van der Waals surface area contributed by atoms with Crippen molar-refractivity contribution in [2.75, 3.05) is 0 Å². The van der Waals surface area contributed by atoms with Gasteiger partial charge in [-0.2, -0.15) is 0 Å². The summed E-state index contributed by atoms with van der Waals surface area (Å²) >= 11 is 2.98. The maximum Gasteiger partial charge on any atom is 0.353 e. The van der Waals surface area contributed by atoms with E-state index < -0.39 is 5.97 Å². The van der Waals surface area contributed by atoms with Gasteiger partial charge in [0.05, 0.1) is 15.1 Å². The molecule has 0 radical (unpaired) electrons. The second-order valence-corrected chi connectivity index (χ2v) is 5.58. The smallest absolute Gasteiger partial charge is 0.353 e. The lowest BCUT2D eigenvalue weighted by molar-refractivity contribution is 0.0688. The number of H-pyrrole nitrogens is 1. The van der Waals surface area contributed by atoms with Crippen LogP contribution in [0.25, 0.3) is 10.2 Å². The highest BCUT2D eigenvalue weighted by atomic mass is 32.2. The molecule has 3 rings (SSSR count). The van der Waals surface area contributed by atoms with Crippen molar-refractivity contribution < 1.29 is 9.90 Å². The van der Waals surface area contributed by atoms with Crippen molar-refractivity contribution in [2.45, 2.75) is 9.79 Å². The van der Waals surface area contributed by atoms with Gasteiger partial charge in [0.1, 0.15) is 5.69 Å². The van der Waals surface area contributed by atoms with E-state index in [9.17, 15) is 9.90 Å². The monoisotopic (exact) mass is 276 g/mol. The first-order valence-corrected chi connectivity index (χ1v) is 6.85. The number of pyridine rings is 1. The molecular formula is C12H8N2O2S2. The quantitative estimate of drug-likeness (QED) is 0.768. The van der Waals surface area contributed by atoms with Crippen LogP contribution in [0.4, 0.5) is 0 Å². The van der Waals surface area contributed by atoms with Crippen LogP contribution in [0.15, 0.2) is 45.8 Å². The van der Waals surface area contributed by atoms with Gasteiger partial charge >= 0.3 is 5.97 Å². The van der Waals surface area contributed by atoms with E-state index in [0.29, 0.717) is 0 Å². The van der Waals surface area contributed by atoms with Crippen molar-refractivity contribution in [1.29, 1.82) is 0 Å². The second kappa shape index (κ2) is 4.47. The van der Waals surface area contributed by atoms with E-state index in [4.69, 9.17) is 0 Å². The standard InChI is InChI=1S/C12H8N2O2S2/c15-12(16)9-11(10-8(14-9)3-6-17-10)18-7-1-4-13-5-2-7/h1-6,14H,(H,15,16). The van der Waals surface area contributed by atoms with Gasteiger partial charge in [0.25, 0.3) is 0 Å². The number of aromatic nitrogens is 2. The minimum absolute atomic E-state index is 0.249. The zero-order valence-electron chi connectivity index (χ0n) is 9.08. The minimum Gasteiger partial charge on any atom is -0.477 e. The highest BCUT2D eigenvalue weighted by molar-refractivity contribution is 7.99. The van der Waals surface area contributed by atoms with Gasteiger partial charge in [-0.25, -0.2) is 4.79 Å². The van der Waals surface area contributed by atoms with E-state index >= 15 is 0 Å². The first-order chi connectivity index (χ1) is 8.75. The first-order valence-electron chi connectivity index (χ1n) is 5.16. The average molecular weight is 276 g/mol. The third-order valence-corrected chi connectivity index (χ3v) is 4.62. The maximum atomic E-state index is 11.2. The van der Waals surface area contributed by atoms with E-state index in [0.717, 1.165) is 20.0 Å². The molecular weight excluding hydrogens is 268 g/mol. The van der Waals surface area contributed by atoms with Gasteiger partial charge in [-0.05, 0) is 23.6 Å². The molecule has 0 saturated carbocycles. The van der Waals surface area contributed by atoms with Crippen LogP contribution in [0.3, 0.4) is 0 Å². The van der Waals surface area contributed by atoms with Crippen LogP contribution in [0, 0.1) is 0 Å². The summed E-state index contributed by atoms with van der Waals surface area (Å²) in [7, 11) is 0. The van der Waals surface area contributed by atoms with Gasteiger partial charge < -0.3 is 10.1 Å². The van der Waals surface area contributed by atoms with Crippen LogP contribution >= 0.6 is 23.1 Å². The van der Waals surface area contributed by atoms with Crippen LogP contribution in [-0.2, 0) is 0 Å². The molecule has 90 valence electrons. The molecule has 0 amide bonds. The summed E-state index contributed by atoms with van der Waals surface area (Å²) in [6.07, 6.45) is 3.39. The fourth-order valence-electron chi connectivity index (χ4n) is 1.66.